The van der Waals surface area contributed by atoms with Gasteiger partial charge in [-0.05, 0) is 37.8 Å². The molecule has 1 saturated carbocycles. The van der Waals surface area contributed by atoms with E-state index in [1.807, 2.05) is 4.90 Å². The molecule has 0 bridgehead atoms. The van der Waals surface area contributed by atoms with E-state index >= 15 is 0 Å². The summed E-state index contributed by atoms with van der Waals surface area (Å²) in [4.78, 5) is 26.9. The van der Waals surface area contributed by atoms with Gasteiger partial charge in [0.1, 0.15) is 11.2 Å². The summed E-state index contributed by atoms with van der Waals surface area (Å²) in [5.74, 6) is 5.55. The van der Waals surface area contributed by atoms with Crippen molar-refractivity contribution in [2.75, 3.05) is 37.5 Å². The zero-order valence-electron chi connectivity index (χ0n) is 14.6. The molecule has 26 heavy (non-hydrogen) atoms. The normalized spacial score (nSPS) is 20.1. The monoisotopic (exact) mass is 363 g/mol. The highest BCUT2D eigenvalue weighted by Crippen LogP contribution is 2.43. The number of halogens is 1. The molecule has 0 amide bonds. The highest BCUT2D eigenvalue weighted by Gasteiger charge is 2.33. The van der Waals surface area contributed by atoms with Crippen LogP contribution in [-0.4, -0.2) is 36.0 Å². The number of ether oxygens (including phenoxy) is 1. The zero-order valence-corrected chi connectivity index (χ0v) is 14.6. The highest BCUT2D eigenvalue weighted by atomic mass is 19.1. The van der Waals surface area contributed by atoms with Crippen LogP contribution < -0.4 is 32.5 Å². The van der Waals surface area contributed by atoms with Crippen LogP contribution in [0.3, 0.4) is 0 Å². The minimum atomic E-state index is -0.730. The summed E-state index contributed by atoms with van der Waals surface area (Å²) in [5, 5.41) is 0.0478. The first-order valence-electron chi connectivity index (χ1n) is 8.75. The number of methoxy groups -OCH3 is 1. The van der Waals surface area contributed by atoms with E-state index < -0.39 is 17.1 Å². The number of fused-ring (bicyclic) bond motifs is 1. The Kier molecular flexibility index (Phi) is 3.91. The highest BCUT2D eigenvalue weighted by molar-refractivity contribution is 5.91. The summed E-state index contributed by atoms with van der Waals surface area (Å²) in [7, 11) is 1.42. The van der Waals surface area contributed by atoms with Gasteiger partial charge in [-0.2, -0.15) is 4.68 Å². The van der Waals surface area contributed by atoms with E-state index in [9.17, 15) is 14.0 Å². The Balaban J connectivity index is 2.05. The van der Waals surface area contributed by atoms with Crippen molar-refractivity contribution in [1.82, 2.24) is 9.24 Å². The molecular weight excluding hydrogens is 341 g/mol. The van der Waals surface area contributed by atoms with Gasteiger partial charge in [-0.15, -0.1) is 0 Å². The van der Waals surface area contributed by atoms with E-state index in [-0.39, 0.29) is 28.8 Å². The average molecular weight is 363 g/mol. The van der Waals surface area contributed by atoms with Crippen molar-refractivity contribution in [3.63, 3.8) is 0 Å². The number of nitrogens with zero attached hydrogens (tertiary/aromatic N) is 3. The topological polar surface area (TPSA) is 109 Å². The van der Waals surface area contributed by atoms with Crippen LogP contribution in [0.15, 0.2) is 15.7 Å². The fourth-order valence-electron chi connectivity index (χ4n) is 3.82. The number of hydrogen-bond donors (Lipinski definition) is 2. The quantitative estimate of drug-likeness (QED) is 0.749. The van der Waals surface area contributed by atoms with E-state index in [0.29, 0.717) is 29.8 Å². The summed E-state index contributed by atoms with van der Waals surface area (Å²) in [5.41, 5.74) is 5.00. The number of anilines is 1. The second-order valence-corrected chi connectivity index (χ2v) is 7.03. The lowest BCUT2D eigenvalue weighted by Crippen LogP contribution is -2.44. The number of rotatable bonds is 4. The van der Waals surface area contributed by atoms with Crippen molar-refractivity contribution in [3.8, 4) is 5.75 Å². The summed E-state index contributed by atoms with van der Waals surface area (Å²) >= 11 is 0. The summed E-state index contributed by atoms with van der Waals surface area (Å²) < 4.78 is 22.5. The maximum Gasteiger partial charge on any atom is 0.350 e. The van der Waals surface area contributed by atoms with Crippen LogP contribution in [-0.2, 0) is 0 Å². The molecule has 8 nitrogen and oxygen atoms in total. The van der Waals surface area contributed by atoms with Gasteiger partial charge >= 0.3 is 5.69 Å². The third-order valence-electron chi connectivity index (χ3n) is 5.34. The number of benzene rings is 1. The molecule has 9 heteroatoms. The van der Waals surface area contributed by atoms with E-state index in [4.69, 9.17) is 16.3 Å². The van der Waals surface area contributed by atoms with Crippen molar-refractivity contribution < 1.29 is 9.13 Å². The smallest absolute Gasteiger partial charge is 0.350 e. The molecule has 0 radical (unpaired) electrons. The number of hydrogen-bond acceptors (Lipinski definition) is 6. The van der Waals surface area contributed by atoms with Gasteiger partial charge in [-0.3, -0.25) is 9.36 Å². The molecule has 4 rings (SSSR count). The lowest BCUT2D eigenvalue weighted by molar-refractivity contribution is 0.412. The van der Waals surface area contributed by atoms with E-state index in [1.165, 1.54) is 11.7 Å². The maximum absolute atomic E-state index is 15.0. The summed E-state index contributed by atoms with van der Waals surface area (Å²) in [6, 6.07) is 1.11. The van der Waals surface area contributed by atoms with Crippen molar-refractivity contribution >= 4 is 16.6 Å². The standard InChI is InChI=1S/C17H22FN5O3/c1-26-15-13-11(16(24)23(20)17(25)22(13)10-2-3-10)6-12(18)14(15)21-5-4-9(7-19)8-21/h6,9-10H,2-5,7-8,19-20H2,1H3/t9-/m0/s1. The zero-order chi connectivity index (χ0) is 18.6. The molecule has 2 heterocycles. The minimum absolute atomic E-state index is 0.0478. The molecule has 1 aliphatic carbocycles. The van der Waals surface area contributed by atoms with Crippen molar-refractivity contribution in [2.45, 2.75) is 25.3 Å². The third kappa shape index (κ3) is 2.38. The van der Waals surface area contributed by atoms with Gasteiger partial charge in [-0.1, -0.05) is 0 Å². The summed E-state index contributed by atoms with van der Waals surface area (Å²) in [6.07, 6.45) is 2.47. The van der Waals surface area contributed by atoms with Crippen LogP contribution >= 0.6 is 0 Å². The second-order valence-electron chi connectivity index (χ2n) is 7.03. The van der Waals surface area contributed by atoms with E-state index in [0.717, 1.165) is 25.3 Å². The largest absolute Gasteiger partial charge is 0.492 e. The molecule has 0 unspecified atom stereocenters. The van der Waals surface area contributed by atoms with Gasteiger partial charge < -0.3 is 21.2 Å². The molecule has 1 saturated heterocycles. The van der Waals surface area contributed by atoms with E-state index in [1.54, 1.807) is 0 Å². The Bertz CT molecular complexity index is 995. The second kappa shape index (κ2) is 6.01. The van der Waals surface area contributed by atoms with Crippen LogP contribution in [0, 0.1) is 11.7 Å². The lowest BCUT2D eigenvalue weighted by Gasteiger charge is -2.24. The van der Waals surface area contributed by atoms with Gasteiger partial charge in [0.2, 0.25) is 0 Å². The molecule has 140 valence electrons. The predicted octanol–water partition coefficient (Wildman–Crippen LogP) is 0.145. The van der Waals surface area contributed by atoms with Gasteiger partial charge in [-0.25, -0.2) is 9.18 Å². The van der Waals surface area contributed by atoms with Crippen molar-refractivity contribution in [1.29, 1.82) is 0 Å². The SMILES string of the molecule is COc1c(N2CC[C@@H](CN)C2)c(F)cc2c(=O)n(N)c(=O)n(C3CC3)c12. The van der Waals surface area contributed by atoms with Crippen molar-refractivity contribution in [3.05, 3.63) is 32.7 Å². The van der Waals surface area contributed by atoms with Crippen LogP contribution in [0.4, 0.5) is 10.1 Å². The van der Waals surface area contributed by atoms with Crippen LogP contribution in [0.2, 0.25) is 0 Å². The van der Waals surface area contributed by atoms with Crippen LogP contribution in [0.1, 0.15) is 25.3 Å². The first kappa shape index (κ1) is 16.9. The molecule has 0 spiro atoms. The summed E-state index contributed by atoms with van der Waals surface area (Å²) in [6.45, 7) is 1.78. The predicted molar refractivity (Wildman–Crippen MR) is 96.8 cm³/mol. The number of nitrogen functional groups attached to an aromatic ring is 1. The third-order valence-corrected chi connectivity index (χ3v) is 5.34. The minimum Gasteiger partial charge on any atom is -0.492 e. The van der Waals surface area contributed by atoms with Gasteiger partial charge in [0.25, 0.3) is 5.56 Å². The fraction of sp³-hybridized carbons (Fsp3) is 0.529. The van der Waals surface area contributed by atoms with Crippen LogP contribution in [0.25, 0.3) is 10.9 Å². The molecule has 1 aromatic heterocycles. The average Bonchev–Trinajstić information content (AvgIpc) is 3.36. The lowest BCUT2D eigenvalue weighted by atomic mass is 10.1. The number of nitrogens with two attached hydrogens (primary N) is 2. The fourth-order valence-corrected chi connectivity index (χ4v) is 3.82. The first-order chi connectivity index (χ1) is 12.5. The molecule has 1 atom stereocenters. The van der Waals surface area contributed by atoms with Crippen molar-refractivity contribution in [2.24, 2.45) is 11.7 Å². The molecular formula is C17H22FN5O3. The molecule has 2 aliphatic rings. The Hall–Kier alpha value is -2.55. The maximum atomic E-state index is 15.0. The Morgan fingerprint density at radius 2 is 2.04 bits per heavy atom. The van der Waals surface area contributed by atoms with Crippen LogP contribution in [0.5, 0.6) is 5.75 Å². The Morgan fingerprint density at radius 1 is 1.31 bits per heavy atom. The molecule has 2 aromatic rings. The Morgan fingerprint density at radius 3 is 2.62 bits per heavy atom. The first-order valence-corrected chi connectivity index (χ1v) is 8.75. The Labute approximate surface area is 148 Å². The molecule has 4 N–H and O–H groups in total. The van der Waals surface area contributed by atoms with Gasteiger partial charge in [0, 0.05) is 19.1 Å². The van der Waals surface area contributed by atoms with Gasteiger partial charge in [0.15, 0.2) is 11.6 Å². The molecule has 2 fully saturated rings. The van der Waals surface area contributed by atoms with E-state index in [2.05, 4.69) is 0 Å². The van der Waals surface area contributed by atoms with Gasteiger partial charge in [0.05, 0.1) is 12.5 Å². The molecule has 1 aliphatic heterocycles. The molecule has 1 aromatic carbocycles. The number of aromatic nitrogens is 2.